The van der Waals surface area contributed by atoms with Crippen LogP contribution in [0.3, 0.4) is 0 Å². The van der Waals surface area contributed by atoms with Gasteiger partial charge in [0.05, 0.1) is 6.61 Å². The second-order valence-electron chi connectivity index (χ2n) is 2.69. The summed E-state index contributed by atoms with van der Waals surface area (Å²) < 4.78 is 42.7. The molecule has 2 nitrogen and oxygen atoms in total. The van der Waals surface area contributed by atoms with Crippen molar-refractivity contribution in [2.75, 3.05) is 13.2 Å². The van der Waals surface area contributed by atoms with E-state index in [1.165, 1.54) is 0 Å². The third kappa shape index (κ3) is 2.63. The second-order valence-corrected chi connectivity index (χ2v) is 2.69. The van der Waals surface area contributed by atoms with Gasteiger partial charge < -0.3 is 10.5 Å². The van der Waals surface area contributed by atoms with Gasteiger partial charge in [-0.2, -0.15) is 0 Å². The van der Waals surface area contributed by atoms with Crippen LogP contribution in [0.5, 0.6) is 5.75 Å². The van der Waals surface area contributed by atoms with Crippen LogP contribution in [0, 0.1) is 17.5 Å². The molecular weight excluding hydrogens is 195 g/mol. The predicted molar refractivity (Wildman–Crippen MR) is 45.5 cm³/mol. The minimum absolute atomic E-state index is 0.0325. The minimum atomic E-state index is -1.49. The minimum Gasteiger partial charge on any atom is -0.493 e. The standard InChI is InChI=1S/C9H10F3NO/c10-7-4-6(14-3-1-2-13)5-8(11)9(7)12/h4-5H,1-3,13H2. The van der Waals surface area contributed by atoms with Gasteiger partial charge in [0.25, 0.3) is 0 Å². The van der Waals surface area contributed by atoms with Crippen LogP contribution in [0.2, 0.25) is 0 Å². The lowest BCUT2D eigenvalue weighted by Crippen LogP contribution is -2.06. The molecular formula is C9H10F3NO. The van der Waals surface area contributed by atoms with Crippen molar-refractivity contribution >= 4 is 0 Å². The van der Waals surface area contributed by atoms with Crippen molar-refractivity contribution in [1.29, 1.82) is 0 Å². The first-order chi connectivity index (χ1) is 6.65. The van der Waals surface area contributed by atoms with Crippen LogP contribution in [0.1, 0.15) is 6.42 Å². The van der Waals surface area contributed by atoms with Crippen LogP contribution < -0.4 is 10.5 Å². The topological polar surface area (TPSA) is 35.2 Å². The smallest absolute Gasteiger partial charge is 0.194 e. The van der Waals surface area contributed by atoms with Gasteiger partial charge in [-0.1, -0.05) is 0 Å². The number of nitrogens with two attached hydrogens (primary N) is 1. The maximum Gasteiger partial charge on any atom is 0.194 e. The molecule has 0 aromatic heterocycles. The molecule has 0 saturated heterocycles. The van der Waals surface area contributed by atoms with Crippen molar-refractivity contribution < 1.29 is 17.9 Å². The Labute approximate surface area is 79.5 Å². The molecule has 0 aliphatic heterocycles. The summed E-state index contributed by atoms with van der Waals surface area (Å²) in [5.41, 5.74) is 5.19. The maximum absolute atomic E-state index is 12.6. The van der Waals surface area contributed by atoms with Gasteiger partial charge in [-0.05, 0) is 13.0 Å². The molecule has 1 aromatic carbocycles. The first-order valence-electron chi connectivity index (χ1n) is 4.12. The Hall–Kier alpha value is -1.23. The van der Waals surface area contributed by atoms with Gasteiger partial charge in [0, 0.05) is 12.1 Å². The van der Waals surface area contributed by atoms with Crippen molar-refractivity contribution in [2.45, 2.75) is 6.42 Å². The molecule has 1 aromatic rings. The van der Waals surface area contributed by atoms with Crippen molar-refractivity contribution in [3.63, 3.8) is 0 Å². The lowest BCUT2D eigenvalue weighted by molar-refractivity contribution is 0.307. The summed E-state index contributed by atoms with van der Waals surface area (Å²) in [6, 6.07) is 1.60. The lowest BCUT2D eigenvalue weighted by atomic mass is 10.3. The van der Waals surface area contributed by atoms with E-state index in [2.05, 4.69) is 0 Å². The first-order valence-corrected chi connectivity index (χ1v) is 4.12. The number of benzene rings is 1. The Bertz CT molecular complexity index is 294. The highest BCUT2D eigenvalue weighted by atomic mass is 19.2. The first kappa shape index (κ1) is 10.8. The van der Waals surface area contributed by atoms with E-state index in [4.69, 9.17) is 10.5 Å². The highest BCUT2D eigenvalue weighted by Gasteiger charge is 2.10. The number of rotatable bonds is 4. The molecule has 0 saturated carbocycles. The molecule has 14 heavy (non-hydrogen) atoms. The van der Waals surface area contributed by atoms with E-state index in [1.807, 2.05) is 0 Å². The van der Waals surface area contributed by atoms with Gasteiger partial charge in [-0.15, -0.1) is 0 Å². The molecule has 0 unspecified atom stereocenters. The Morgan fingerprint density at radius 3 is 2.21 bits per heavy atom. The van der Waals surface area contributed by atoms with E-state index in [0.717, 1.165) is 12.1 Å². The third-order valence-electron chi connectivity index (χ3n) is 1.57. The second kappa shape index (κ2) is 4.85. The van der Waals surface area contributed by atoms with E-state index in [-0.39, 0.29) is 12.4 Å². The summed E-state index contributed by atoms with van der Waals surface area (Å²) in [7, 11) is 0. The highest BCUT2D eigenvalue weighted by molar-refractivity contribution is 5.24. The van der Waals surface area contributed by atoms with Gasteiger partial charge in [-0.3, -0.25) is 0 Å². The summed E-state index contributed by atoms with van der Waals surface area (Å²) in [6.07, 6.45) is 0.570. The van der Waals surface area contributed by atoms with E-state index >= 15 is 0 Å². The Kier molecular flexibility index (Phi) is 3.76. The highest BCUT2D eigenvalue weighted by Crippen LogP contribution is 2.19. The molecule has 0 aliphatic rings. The quantitative estimate of drug-likeness (QED) is 0.601. The lowest BCUT2D eigenvalue weighted by Gasteiger charge is -2.05. The normalized spacial score (nSPS) is 10.3. The molecule has 0 atom stereocenters. The number of hydrogen-bond acceptors (Lipinski definition) is 2. The molecule has 5 heteroatoms. The summed E-state index contributed by atoms with van der Waals surface area (Å²) in [4.78, 5) is 0. The van der Waals surface area contributed by atoms with Crippen molar-refractivity contribution in [2.24, 2.45) is 5.73 Å². The van der Waals surface area contributed by atoms with Crippen molar-refractivity contribution in [1.82, 2.24) is 0 Å². The van der Waals surface area contributed by atoms with E-state index in [9.17, 15) is 13.2 Å². The largest absolute Gasteiger partial charge is 0.493 e. The van der Waals surface area contributed by atoms with Crippen LogP contribution in [0.25, 0.3) is 0 Å². The average molecular weight is 205 g/mol. The number of hydrogen-bond donors (Lipinski definition) is 1. The molecule has 0 bridgehead atoms. The van der Waals surface area contributed by atoms with Crippen LogP contribution in [-0.2, 0) is 0 Å². The molecule has 0 amide bonds. The van der Waals surface area contributed by atoms with Gasteiger partial charge in [0.15, 0.2) is 17.5 Å². The Morgan fingerprint density at radius 1 is 1.14 bits per heavy atom. The summed E-state index contributed by atoms with van der Waals surface area (Å²) in [6.45, 7) is 0.674. The third-order valence-corrected chi connectivity index (χ3v) is 1.57. The van der Waals surface area contributed by atoms with Crippen LogP contribution >= 0.6 is 0 Å². The van der Waals surface area contributed by atoms with Crippen LogP contribution in [0.4, 0.5) is 13.2 Å². The van der Waals surface area contributed by atoms with Gasteiger partial charge in [0.1, 0.15) is 5.75 Å². The SMILES string of the molecule is NCCCOc1cc(F)c(F)c(F)c1. The van der Waals surface area contributed by atoms with Crippen molar-refractivity contribution in [3.05, 3.63) is 29.6 Å². The molecule has 78 valence electrons. The van der Waals surface area contributed by atoms with Crippen LogP contribution in [-0.4, -0.2) is 13.2 Å². The molecule has 0 heterocycles. The fourth-order valence-corrected chi connectivity index (χ4v) is 0.889. The molecule has 2 N–H and O–H groups in total. The predicted octanol–water partition coefficient (Wildman–Crippen LogP) is 1.83. The fraction of sp³-hybridized carbons (Fsp3) is 0.333. The number of ether oxygens (including phenoxy) is 1. The monoisotopic (exact) mass is 205 g/mol. The molecule has 0 aliphatic carbocycles. The average Bonchev–Trinajstić information content (AvgIpc) is 2.14. The molecule has 0 spiro atoms. The van der Waals surface area contributed by atoms with Crippen LogP contribution in [0.15, 0.2) is 12.1 Å². The number of halogens is 3. The molecule has 0 fully saturated rings. The van der Waals surface area contributed by atoms with Gasteiger partial charge in [0.2, 0.25) is 0 Å². The maximum atomic E-state index is 12.6. The summed E-state index contributed by atoms with van der Waals surface area (Å²) >= 11 is 0. The zero-order valence-corrected chi connectivity index (χ0v) is 7.40. The Morgan fingerprint density at radius 2 is 1.71 bits per heavy atom. The molecule has 0 radical (unpaired) electrons. The van der Waals surface area contributed by atoms with E-state index in [0.29, 0.717) is 13.0 Å². The van der Waals surface area contributed by atoms with Gasteiger partial charge in [-0.25, -0.2) is 13.2 Å². The fourth-order valence-electron chi connectivity index (χ4n) is 0.889. The van der Waals surface area contributed by atoms with Crippen molar-refractivity contribution in [3.8, 4) is 5.75 Å². The van der Waals surface area contributed by atoms with Gasteiger partial charge >= 0.3 is 0 Å². The Balaban J connectivity index is 2.69. The summed E-state index contributed by atoms with van der Waals surface area (Å²) in [5.74, 6) is -4.04. The van der Waals surface area contributed by atoms with E-state index in [1.54, 1.807) is 0 Å². The zero-order chi connectivity index (χ0) is 10.6. The molecule has 1 rings (SSSR count). The zero-order valence-electron chi connectivity index (χ0n) is 7.40. The summed E-state index contributed by atoms with van der Waals surface area (Å²) in [5, 5.41) is 0. The van der Waals surface area contributed by atoms with E-state index < -0.39 is 17.5 Å².